The summed E-state index contributed by atoms with van der Waals surface area (Å²) < 4.78 is 10.4. The van der Waals surface area contributed by atoms with Gasteiger partial charge in [-0.3, -0.25) is 14.6 Å². The molecule has 31 heavy (non-hydrogen) atoms. The number of aryl methyl sites for hydroxylation is 1. The zero-order chi connectivity index (χ0) is 21.6. The Morgan fingerprint density at radius 3 is 2.55 bits per heavy atom. The van der Waals surface area contributed by atoms with E-state index in [2.05, 4.69) is 15.1 Å². The van der Waals surface area contributed by atoms with E-state index in [9.17, 15) is 9.59 Å². The van der Waals surface area contributed by atoms with Crippen LogP contribution in [0.15, 0.2) is 53.3 Å². The first-order valence-electron chi connectivity index (χ1n) is 10.1. The van der Waals surface area contributed by atoms with Gasteiger partial charge in [-0.15, -0.1) is 0 Å². The van der Waals surface area contributed by atoms with Crippen molar-refractivity contribution in [2.75, 3.05) is 33.3 Å². The third kappa shape index (κ3) is 4.88. The van der Waals surface area contributed by atoms with Crippen molar-refractivity contribution in [1.29, 1.82) is 0 Å². The molecule has 3 aromatic rings. The zero-order valence-electron chi connectivity index (χ0n) is 17.2. The summed E-state index contributed by atoms with van der Waals surface area (Å²) in [5, 5.41) is 3.96. The Morgan fingerprint density at radius 1 is 1.06 bits per heavy atom. The highest BCUT2D eigenvalue weighted by Gasteiger charge is 2.25. The monoisotopic (exact) mass is 421 g/mol. The second-order valence-electron chi connectivity index (χ2n) is 7.15. The maximum absolute atomic E-state index is 12.7. The van der Waals surface area contributed by atoms with E-state index in [0.29, 0.717) is 55.6 Å². The van der Waals surface area contributed by atoms with Gasteiger partial charge in [0.15, 0.2) is 0 Å². The number of pyridine rings is 1. The summed E-state index contributed by atoms with van der Waals surface area (Å²) in [6.45, 7) is 1.99. The van der Waals surface area contributed by atoms with Crippen molar-refractivity contribution >= 4 is 11.8 Å². The van der Waals surface area contributed by atoms with Crippen LogP contribution in [0.2, 0.25) is 0 Å². The van der Waals surface area contributed by atoms with Gasteiger partial charge in [-0.2, -0.15) is 4.98 Å². The number of carbonyl (C=O) groups excluding carboxylic acids is 2. The van der Waals surface area contributed by atoms with Crippen LogP contribution in [-0.4, -0.2) is 70.0 Å². The van der Waals surface area contributed by atoms with Gasteiger partial charge >= 0.3 is 0 Å². The van der Waals surface area contributed by atoms with Crippen LogP contribution in [0.5, 0.6) is 5.75 Å². The Morgan fingerprint density at radius 2 is 1.81 bits per heavy atom. The predicted octanol–water partition coefficient (Wildman–Crippen LogP) is 2.06. The Labute approximate surface area is 179 Å². The van der Waals surface area contributed by atoms with E-state index in [1.165, 1.54) is 0 Å². The number of nitrogens with zero attached hydrogens (tertiary/aromatic N) is 5. The fraction of sp³-hybridized carbons (Fsp3) is 0.318. The zero-order valence-corrected chi connectivity index (χ0v) is 17.2. The van der Waals surface area contributed by atoms with Crippen LogP contribution >= 0.6 is 0 Å². The molecule has 0 bridgehead atoms. The summed E-state index contributed by atoms with van der Waals surface area (Å²) in [7, 11) is 1.57. The third-order valence-electron chi connectivity index (χ3n) is 5.20. The van der Waals surface area contributed by atoms with Gasteiger partial charge in [0.1, 0.15) is 5.75 Å². The molecule has 1 saturated heterocycles. The SMILES string of the molecule is COc1cccc(C(=O)N2CCN(C(=O)CCc3nc(-c4ccncc4)no3)CC2)c1. The molecule has 9 heteroatoms. The molecule has 0 unspecified atom stereocenters. The Balaban J connectivity index is 1.27. The molecule has 0 atom stereocenters. The molecule has 9 nitrogen and oxygen atoms in total. The molecule has 0 aliphatic carbocycles. The first-order chi connectivity index (χ1) is 15.1. The topological polar surface area (TPSA) is 102 Å². The number of hydrogen-bond acceptors (Lipinski definition) is 7. The van der Waals surface area contributed by atoms with Crippen LogP contribution in [-0.2, 0) is 11.2 Å². The first kappa shape index (κ1) is 20.5. The van der Waals surface area contributed by atoms with E-state index in [0.717, 1.165) is 5.56 Å². The van der Waals surface area contributed by atoms with Gasteiger partial charge in [0.05, 0.1) is 7.11 Å². The molecule has 1 fully saturated rings. The lowest BCUT2D eigenvalue weighted by Gasteiger charge is -2.34. The average molecular weight is 421 g/mol. The van der Waals surface area contributed by atoms with E-state index >= 15 is 0 Å². The molecule has 4 rings (SSSR count). The lowest BCUT2D eigenvalue weighted by molar-refractivity contribution is -0.132. The van der Waals surface area contributed by atoms with E-state index < -0.39 is 0 Å². The molecule has 1 aliphatic heterocycles. The van der Waals surface area contributed by atoms with Gasteiger partial charge in [0.25, 0.3) is 5.91 Å². The molecule has 0 saturated carbocycles. The second-order valence-corrected chi connectivity index (χ2v) is 7.15. The normalized spacial score (nSPS) is 13.8. The first-order valence-corrected chi connectivity index (χ1v) is 10.1. The summed E-state index contributed by atoms with van der Waals surface area (Å²) in [5.74, 6) is 1.51. The smallest absolute Gasteiger partial charge is 0.254 e. The van der Waals surface area contributed by atoms with Crippen LogP contribution in [0, 0.1) is 0 Å². The number of carbonyl (C=O) groups is 2. The summed E-state index contributed by atoms with van der Waals surface area (Å²) in [4.78, 5) is 37.1. The van der Waals surface area contributed by atoms with Gasteiger partial charge in [-0.25, -0.2) is 0 Å². The van der Waals surface area contributed by atoms with E-state index in [-0.39, 0.29) is 18.2 Å². The molecule has 0 N–H and O–H groups in total. The van der Waals surface area contributed by atoms with Crippen molar-refractivity contribution in [3.05, 3.63) is 60.2 Å². The highest BCUT2D eigenvalue weighted by molar-refractivity contribution is 5.94. The van der Waals surface area contributed by atoms with Gasteiger partial charge in [-0.05, 0) is 30.3 Å². The summed E-state index contributed by atoms with van der Waals surface area (Å²) >= 11 is 0. The molecule has 2 amide bonds. The standard InChI is InChI=1S/C22H23N5O4/c1-30-18-4-2-3-17(15-18)22(29)27-13-11-26(12-14-27)20(28)6-5-19-24-21(25-31-19)16-7-9-23-10-8-16/h2-4,7-10,15H,5-6,11-14H2,1H3. The van der Waals surface area contributed by atoms with Crippen LogP contribution in [0.1, 0.15) is 22.7 Å². The van der Waals surface area contributed by atoms with Gasteiger partial charge in [-0.1, -0.05) is 11.2 Å². The minimum absolute atomic E-state index is 0.0112. The van der Waals surface area contributed by atoms with Crippen LogP contribution < -0.4 is 4.74 Å². The average Bonchev–Trinajstić information content (AvgIpc) is 3.32. The lowest BCUT2D eigenvalue weighted by atomic mass is 10.1. The molecule has 1 aliphatic rings. The summed E-state index contributed by atoms with van der Waals surface area (Å²) in [6, 6.07) is 10.7. The number of rotatable bonds is 6. The summed E-state index contributed by atoms with van der Waals surface area (Å²) in [6.07, 6.45) is 3.98. The number of piperazine rings is 1. The Bertz CT molecular complexity index is 1040. The van der Waals surface area contributed by atoms with Crippen molar-refractivity contribution < 1.29 is 18.8 Å². The van der Waals surface area contributed by atoms with E-state index in [1.807, 2.05) is 0 Å². The highest BCUT2D eigenvalue weighted by Crippen LogP contribution is 2.17. The number of aromatic nitrogens is 3. The van der Waals surface area contributed by atoms with Crippen LogP contribution in [0.4, 0.5) is 0 Å². The largest absolute Gasteiger partial charge is 0.497 e. The predicted molar refractivity (Wildman–Crippen MR) is 111 cm³/mol. The van der Waals surface area contributed by atoms with Gasteiger partial charge in [0.2, 0.25) is 17.6 Å². The second kappa shape index (κ2) is 9.38. The molecule has 160 valence electrons. The molecular formula is C22H23N5O4. The molecule has 1 aromatic carbocycles. The van der Waals surface area contributed by atoms with Crippen molar-refractivity contribution in [1.82, 2.24) is 24.9 Å². The molecule has 0 radical (unpaired) electrons. The molecule has 3 heterocycles. The van der Waals surface area contributed by atoms with Gasteiger partial charge in [0, 0.05) is 62.5 Å². The van der Waals surface area contributed by atoms with Crippen LogP contribution in [0.3, 0.4) is 0 Å². The molecule has 2 aromatic heterocycles. The van der Waals surface area contributed by atoms with Gasteiger partial charge < -0.3 is 19.1 Å². The number of hydrogen-bond donors (Lipinski definition) is 0. The highest BCUT2D eigenvalue weighted by atomic mass is 16.5. The van der Waals surface area contributed by atoms with Crippen molar-refractivity contribution in [3.63, 3.8) is 0 Å². The summed E-state index contributed by atoms with van der Waals surface area (Å²) in [5.41, 5.74) is 1.40. The maximum atomic E-state index is 12.7. The third-order valence-corrected chi connectivity index (χ3v) is 5.20. The number of amides is 2. The lowest BCUT2D eigenvalue weighted by Crippen LogP contribution is -2.50. The van der Waals surface area contributed by atoms with Crippen LogP contribution in [0.25, 0.3) is 11.4 Å². The maximum Gasteiger partial charge on any atom is 0.254 e. The fourth-order valence-corrected chi connectivity index (χ4v) is 3.44. The quantitative estimate of drug-likeness (QED) is 0.600. The van der Waals surface area contributed by atoms with E-state index in [1.54, 1.807) is 65.7 Å². The van der Waals surface area contributed by atoms with E-state index in [4.69, 9.17) is 9.26 Å². The minimum atomic E-state index is -0.0551. The number of benzene rings is 1. The molecular weight excluding hydrogens is 398 g/mol. The fourth-order valence-electron chi connectivity index (χ4n) is 3.44. The van der Waals surface area contributed by atoms with Crippen molar-refractivity contribution in [2.24, 2.45) is 0 Å². The number of ether oxygens (including phenoxy) is 1. The minimum Gasteiger partial charge on any atom is -0.497 e. The Hall–Kier alpha value is -3.75. The number of methoxy groups -OCH3 is 1. The van der Waals surface area contributed by atoms with Crippen molar-refractivity contribution in [3.8, 4) is 17.1 Å². The Kier molecular flexibility index (Phi) is 6.21. The van der Waals surface area contributed by atoms with Crippen molar-refractivity contribution in [2.45, 2.75) is 12.8 Å². The molecule has 0 spiro atoms.